The number of carbonyl (C=O) groups excluding carboxylic acids is 2. The third kappa shape index (κ3) is 4.49. The summed E-state index contributed by atoms with van der Waals surface area (Å²) in [5.74, 6) is -0.875. The van der Waals surface area contributed by atoms with Gasteiger partial charge in [0.2, 0.25) is 5.91 Å². The Morgan fingerprint density at radius 1 is 1.27 bits per heavy atom. The standard InChI is InChI=1S/C25H24N2O3/c1-4-11-30-25(29)24-18(3)27(16-20-9-6-8-19(13-20)15-26)23(28)14-22(24)21-10-5-7-17(2)12-21/h4-10,12-13,22H,1,11,14,16H2,2-3H3/t22-/m1/s1. The van der Waals surface area contributed by atoms with Crippen LogP contribution in [0, 0.1) is 18.3 Å². The van der Waals surface area contributed by atoms with E-state index in [-0.39, 0.29) is 24.9 Å². The van der Waals surface area contributed by atoms with E-state index in [0.717, 1.165) is 16.7 Å². The highest BCUT2D eigenvalue weighted by atomic mass is 16.5. The summed E-state index contributed by atoms with van der Waals surface area (Å²) in [6.45, 7) is 7.75. The second-order valence-corrected chi connectivity index (χ2v) is 7.35. The molecule has 0 N–H and O–H groups in total. The minimum absolute atomic E-state index is 0.0679. The van der Waals surface area contributed by atoms with Gasteiger partial charge in [-0.2, -0.15) is 5.26 Å². The lowest BCUT2D eigenvalue weighted by Gasteiger charge is -2.34. The molecule has 1 aliphatic heterocycles. The molecule has 0 bridgehead atoms. The van der Waals surface area contributed by atoms with Gasteiger partial charge in [0.1, 0.15) is 6.61 Å². The van der Waals surface area contributed by atoms with Crippen molar-refractivity contribution in [1.82, 2.24) is 4.90 Å². The Labute approximate surface area is 176 Å². The van der Waals surface area contributed by atoms with E-state index in [1.54, 1.807) is 30.0 Å². The lowest BCUT2D eigenvalue weighted by molar-refractivity contribution is -0.139. The molecule has 0 spiro atoms. The van der Waals surface area contributed by atoms with Crippen LogP contribution in [0.2, 0.25) is 0 Å². The van der Waals surface area contributed by atoms with Crippen LogP contribution in [0.4, 0.5) is 0 Å². The number of hydrogen-bond donors (Lipinski definition) is 0. The molecular formula is C25H24N2O3. The van der Waals surface area contributed by atoms with Crippen molar-refractivity contribution in [3.63, 3.8) is 0 Å². The summed E-state index contributed by atoms with van der Waals surface area (Å²) in [5, 5.41) is 9.14. The van der Waals surface area contributed by atoms with Gasteiger partial charge in [-0.3, -0.25) is 4.79 Å². The van der Waals surface area contributed by atoms with Crippen LogP contribution in [0.15, 0.2) is 72.5 Å². The predicted molar refractivity (Wildman–Crippen MR) is 114 cm³/mol. The molecule has 1 aliphatic rings. The summed E-state index contributed by atoms with van der Waals surface area (Å²) in [7, 11) is 0. The van der Waals surface area contributed by atoms with Gasteiger partial charge in [-0.05, 0) is 37.1 Å². The topological polar surface area (TPSA) is 70.4 Å². The van der Waals surface area contributed by atoms with Crippen molar-refractivity contribution in [2.24, 2.45) is 0 Å². The molecule has 0 saturated heterocycles. The largest absolute Gasteiger partial charge is 0.458 e. The molecule has 2 aromatic rings. The van der Waals surface area contributed by atoms with Crippen LogP contribution in [-0.2, 0) is 20.9 Å². The van der Waals surface area contributed by atoms with E-state index in [0.29, 0.717) is 23.4 Å². The monoisotopic (exact) mass is 400 g/mol. The third-order valence-electron chi connectivity index (χ3n) is 5.22. The smallest absolute Gasteiger partial charge is 0.336 e. The Hall–Kier alpha value is -3.65. The summed E-state index contributed by atoms with van der Waals surface area (Å²) in [5.41, 5.74) is 4.40. The van der Waals surface area contributed by atoms with Crippen LogP contribution >= 0.6 is 0 Å². The normalized spacial score (nSPS) is 16.2. The number of allylic oxidation sites excluding steroid dienone is 1. The zero-order chi connectivity index (χ0) is 21.7. The molecule has 5 heteroatoms. The quantitative estimate of drug-likeness (QED) is 0.533. The van der Waals surface area contributed by atoms with Gasteiger partial charge in [0.25, 0.3) is 0 Å². The molecule has 30 heavy (non-hydrogen) atoms. The maximum Gasteiger partial charge on any atom is 0.336 e. The van der Waals surface area contributed by atoms with Crippen LogP contribution in [0.1, 0.15) is 41.5 Å². The van der Waals surface area contributed by atoms with Gasteiger partial charge in [0, 0.05) is 18.0 Å². The van der Waals surface area contributed by atoms with E-state index in [4.69, 9.17) is 10.00 Å². The van der Waals surface area contributed by atoms with E-state index in [1.807, 2.05) is 37.3 Å². The Morgan fingerprint density at radius 2 is 2.03 bits per heavy atom. The predicted octanol–water partition coefficient (Wildman–Crippen LogP) is 4.39. The van der Waals surface area contributed by atoms with E-state index < -0.39 is 5.97 Å². The number of hydrogen-bond acceptors (Lipinski definition) is 4. The summed E-state index contributed by atoms with van der Waals surface area (Å²) in [6.07, 6.45) is 1.70. The number of esters is 1. The van der Waals surface area contributed by atoms with Gasteiger partial charge in [-0.15, -0.1) is 0 Å². The highest BCUT2D eigenvalue weighted by Crippen LogP contribution is 2.38. The van der Waals surface area contributed by atoms with E-state index >= 15 is 0 Å². The second-order valence-electron chi connectivity index (χ2n) is 7.35. The number of amides is 1. The Kier molecular flexibility index (Phi) is 6.48. The molecule has 0 fully saturated rings. The molecule has 152 valence electrons. The average molecular weight is 400 g/mol. The molecule has 1 amide bonds. The number of benzene rings is 2. The molecule has 0 radical (unpaired) electrons. The van der Waals surface area contributed by atoms with Crippen LogP contribution < -0.4 is 0 Å². The lowest BCUT2D eigenvalue weighted by atomic mass is 9.83. The van der Waals surface area contributed by atoms with Crippen LogP contribution in [-0.4, -0.2) is 23.4 Å². The number of nitriles is 1. The first-order valence-corrected chi connectivity index (χ1v) is 9.79. The van der Waals surface area contributed by atoms with Gasteiger partial charge in [-0.1, -0.05) is 54.6 Å². The minimum atomic E-state index is -0.442. The van der Waals surface area contributed by atoms with Crippen molar-refractivity contribution < 1.29 is 14.3 Å². The number of aryl methyl sites for hydroxylation is 1. The molecular weight excluding hydrogens is 376 g/mol. The maximum absolute atomic E-state index is 13.1. The Bertz CT molecular complexity index is 1060. The highest BCUT2D eigenvalue weighted by molar-refractivity contribution is 5.96. The molecule has 3 rings (SSSR count). The third-order valence-corrected chi connectivity index (χ3v) is 5.22. The minimum Gasteiger partial charge on any atom is -0.458 e. The molecule has 0 saturated carbocycles. The highest BCUT2D eigenvalue weighted by Gasteiger charge is 2.36. The Morgan fingerprint density at radius 3 is 2.73 bits per heavy atom. The molecule has 1 atom stereocenters. The van der Waals surface area contributed by atoms with Crippen molar-refractivity contribution in [2.45, 2.75) is 32.7 Å². The van der Waals surface area contributed by atoms with Crippen molar-refractivity contribution in [2.75, 3.05) is 6.61 Å². The van der Waals surface area contributed by atoms with Crippen molar-refractivity contribution in [3.8, 4) is 6.07 Å². The summed E-state index contributed by atoms with van der Waals surface area (Å²) in [4.78, 5) is 27.6. The summed E-state index contributed by atoms with van der Waals surface area (Å²) < 4.78 is 5.36. The van der Waals surface area contributed by atoms with E-state index in [2.05, 4.69) is 12.6 Å². The van der Waals surface area contributed by atoms with Crippen LogP contribution in [0.25, 0.3) is 0 Å². The second kappa shape index (κ2) is 9.23. The van der Waals surface area contributed by atoms with Gasteiger partial charge in [-0.25, -0.2) is 4.79 Å². The first-order chi connectivity index (χ1) is 14.4. The van der Waals surface area contributed by atoms with Gasteiger partial charge in [0.05, 0.1) is 23.8 Å². The molecule has 1 heterocycles. The lowest BCUT2D eigenvalue weighted by Crippen LogP contribution is -2.38. The fraction of sp³-hybridized carbons (Fsp3) is 0.240. The maximum atomic E-state index is 13.1. The van der Waals surface area contributed by atoms with E-state index in [9.17, 15) is 9.59 Å². The molecule has 0 unspecified atom stereocenters. The van der Waals surface area contributed by atoms with Gasteiger partial charge in [0.15, 0.2) is 0 Å². The number of ether oxygens (including phenoxy) is 1. The zero-order valence-corrected chi connectivity index (χ0v) is 17.2. The molecule has 0 aliphatic carbocycles. The van der Waals surface area contributed by atoms with Crippen molar-refractivity contribution in [1.29, 1.82) is 5.26 Å². The fourth-order valence-corrected chi connectivity index (χ4v) is 3.77. The first-order valence-electron chi connectivity index (χ1n) is 9.79. The zero-order valence-electron chi connectivity index (χ0n) is 17.2. The number of rotatable bonds is 6. The summed E-state index contributed by atoms with van der Waals surface area (Å²) >= 11 is 0. The van der Waals surface area contributed by atoms with Crippen molar-refractivity contribution >= 4 is 11.9 Å². The summed E-state index contributed by atoms with van der Waals surface area (Å²) in [6, 6.07) is 17.1. The van der Waals surface area contributed by atoms with Gasteiger partial charge >= 0.3 is 5.97 Å². The molecule has 2 aromatic carbocycles. The fourth-order valence-electron chi connectivity index (χ4n) is 3.77. The van der Waals surface area contributed by atoms with Gasteiger partial charge < -0.3 is 9.64 Å². The van der Waals surface area contributed by atoms with E-state index in [1.165, 1.54) is 6.08 Å². The van der Waals surface area contributed by atoms with Crippen LogP contribution in [0.3, 0.4) is 0 Å². The number of nitrogens with zero attached hydrogens (tertiary/aromatic N) is 2. The molecule has 0 aromatic heterocycles. The number of carbonyl (C=O) groups is 2. The van der Waals surface area contributed by atoms with Crippen molar-refractivity contribution in [3.05, 3.63) is 94.7 Å². The van der Waals surface area contributed by atoms with Crippen LogP contribution in [0.5, 0.6) is 0 Å². The SMILES string of the molecule is C=CCOC(=O)C1=C(C)N(Cc2cccc(C#N)c2)C(=O)C[C@@H]1c1cccc(C)c1. The average Bonchev–Trinajstić information content (AvgIpc) is 2.74. The first kappa shape index (κ1) is 21.1. The molecule has 5 nitrogen and oxygen atoms in total. The Balaban J connectivity index is 2.03.